The Morgan fingerprint density at radius 1 is 1.53 bits per heavy atom. The molecule has 0 aliphatic heterocycles. The number of nitrogens with zero attached hydrogens (tertiary/aromatic N) is 1. The minimum Gasteiger partial charge on any atom is -0.372 e. The van der Waals surface area contributed by atoms with Gasteiger partial charge in [0.2, 0.25) is 0 Å². The first-order valence-electron chi connectivity index (χ1n) is 4.98. The van der Waals surface area contributed by atoms with Gasteiger partial charge in [-0.3, -0.25) is 4.79 Å². The highest BCUT2D eigenvalue weighted by atomic mass is 35.5. The number of carbonyl (C=O) groups excluding carboxylic acids is 1. The largest absolute Gasteiger partial charge is 0.372 e. The number of amides is 1. The van der Waals surface area contributed by atoms with E-state index in [4.69, 9.17) is 27.9 Å². The van der Waals surface area contributed by atoms with Gasteiger partial charge in [0.1, 0.15) is 6.61 Å². The molecule has 1 aromatic rings. The van der Waals surface area contributed by atoms with Crippen LogP contribution in [-0.2, 0) is 9.53 Å². The van der Waals surface area contributed by atoms with E-state index in [2.05, 4.69) is 10.5 Å². The fourth-order valence-corrected chi connectivity index (χ4v) is 1.38. The fourth-order valence-electron chi connectivity index (χ4n) is 1.02. The minimum absolute atomic E-state index is 0.0167. The lowest BCUT2D eigenvalue weighted by molar-refractivity contribution is -0.125. The van der Waals surface area contributed by atoms with E-state index >= 15 is 0 Å². The molecule has 0 aliphatic carbocycles. The molecule has 0 radical (unpaired) electrons. The standard InChI is InChI=1S/C11H12Cl2N2O2/c1-2-17-7-10(16)15-14-6-8-4-3-5-9(12)11(8)13/h3-6H,2,7H2,1H3,(H,15,16)/b14-6+. The lowest BCUT2D eigenvalue weighted by atomic mass is 10.2. The van der Waals surface area contributed by atoms with E-state index in [0.29, 0.717) is 22.2 Å². The zero-order chi connectivity index (χ0) is 12.7. The fraction of sp³-hybridized carbons (Fsp3) is 0.273. The van der Waals surface area contributed by atoms with Crippen LogP contribution in [0.4, 0.5) is 0 Å². The van der Waals surface area contributed by atoms with Gasteiger partial charge in [0.15, 0.2) is 0 Å². The van der Waals surface area contributed by atoms with Crippen LogP contribution >= 0.6 is 23.2 Å². The van der Waals surface area contributed by atoms with E-state index in [1.54, 1.807) is 18.2 Å². The number of nitrogens with one attached hydrogen (secondary N) is 1. The molecule has 92 valence electrons. The molecule has 1 aromatic carbocycles. The van der Waals surface area contributed by atoms with Gasteiger partial charge < -0.3 is 4.74 Å². The van der Waals surface area contributed by atoms with Gasteiger partial charge in [0.05, 0.1) is 16.3 Å². The third-order valence-electron chi connectivity index (χ3n) is 1.81. The second-order valence-electron chi connectivity index (χ2n) is 3.07. The number of hydrogen-bond acceptors (Lipinski definition) is 3. The summed E-state index contributed by atoms with van der Waals surface area (Å²) in [5, 5.41) is 4.59. The molecule has 0 spiro atoms. The highest BCUT2D eigenvalue weighted by Crippen LogP contribution is 2.23. The highest BCUT2D eigenvalue weighted by molar-refractivity contribution is 6.43. The van der Waals surface area contributed by atoms with Crippen LogP contribution in [0.2, 0.25) is 10.0 Å². The Balaban J connectivity index is 2.54. The van der Waals surface area contributed by atoms with Crippen molar-refractivity contribution >= 4 is 35.3 Å². The van der Waals surface area contributed by atoms with Gasteiger partial charge in [0.25, 0.3) is 5.91 Å². The SMILES string of the molecule is CCOCC(=O)N/N=C/c1cccc(Cl)c1Cl. The molecule has 0 fully saturated rings. The van der Waals surface area contributed by atoms with Gasteiger partial charge in [-0.1, -0.05) is 35.3 Å². The van der Waals surface area contributed by atoms with Gasteiger partial charge in [0, 0.05) is 12.2 Å². The van der Waals surface area contributed by atoms with Crippen LogP contribution in [-0.4, -0.2) is 25.3 Å². The van der Waals surface area contributed by atoms with Crippen molar-refractivity contribution in [2.45, 2.75) is 6.92 Å². The summed E-state index contributed by atoms with van der Waals surface area (Å²) in [4.78, 5) is 11.1. The van der Waals surface area contributed by atoms with E-state index in [0.717, 1.165) is 0 Å². The molecule has 1 amide bonds. The van der Waals surface area contributed by atoms with E-state index in [9.17, 15) is 4.79 Å². The Hall–Kier alpha value is -1.10. The first-order valence-corrected chi connectivity index (χ1v) is 5.74. The summed E-state index contributed by atoms with van der Waals surface area (Å²) < 4.78 is 4.91. The van der Waals surface area contributed by atoms with Crippen molar-refractivity contribution in [3.05, 3.63) is 33.8 Å². The van der Waals surface area contributed by atoms with Crippen molar-refractivity contribution in [3.63, 3.8) is 0 Å². The Morgan fingerprint density at radius 2 is 2.29 bits per heavy atom. The van der Waals surface area contributed by atoms with Crippen molar-refractivity contribution in [3.8, 4) is 0 Å². The number of rotatable bonds is 5. The van der Waals surface area contributed by atoms with Crippen LogP contribution in [0.25, 0.3) is 0 Å². The summed E-state index contributed by atoms with van der Waals surface area (Å²) in [5.41, 5.74) is 2.95. The normalized spacial score (nSPS) is 10.8. The van der Waals surface area contributed by atoms with Crippen LogP contribution in [0.1, 0.15) is 12.5 Å². The molecular weight excluding hydrogens is 263 g/mol. The average molecular weight is 275 g/mol. The van der Waals surface area contributed by atoms with Crippen LogP contribution in [0, 0.1) is 0 Å². The molecule has 6 heteroatoms. The molecule has 4 nitrogen and oxygen atoms in total. The monoisotopic (exact) mass is 274 g/mol. The zero-order valence-corrected chi connectivity index (χ0v) is 10.8. The summed E-state index contributed by atoms with van der Waals surface area (Å²) in [6, 6.07) is 5.17. The second kappa shape index (κ2) is 7.27. The van der Waals surface area contributed by atoms with Crippen molar-refractivity contribution in [1.29, 1.82) is 0 Å². The number of benzene rings is 1. The maximum absolute atomic E-state index is 11.1. The number of ether oxygens (including phenoxy) is 1. The number of hydrogen-bond donors (Lipinski definition) is 1. The molecule has 0 aliphatic rings. The molecule has 0 unspecified atom stereocenters. The Kier molecular flexibility index (Phi) is 5.97. The Bertz CT molecular complexity index is 422. The quantitative estimate of drug-likeness (QED) is 0.663. The van der Waals surface area contributed by atoms with Crippen molar-refractivity contribution in [1.82, 2.24) is 5.43 Å². The molecule has 1 N–H and O–H groups in total. The number of hydrazone groups is 1. The zero-order valence-electron chi connectivity index (χ0n) is 9.24. The van der Waals surface area contributed by atoms with Crippen molar-refractivity contribution < 1.29 is 9.53 Å². The van der Waals surface area contributed by atoms with Gasteiger partial charge in [-0.15, -0.1) is 0 Å². The number of carbonyl (C=O) groups is 1. The topological polar surface area (TPSA) is 50.7 Å². The van der Waals surface area contributed by atoms with Gasteiger partial charge >= 0.3 is 0 Å². The molecule has 0 aromatic heterocycles. The van der Waals surface area contributed by atoms with Crippen LogP contribution in [0.5, 0.6) is 0 Å². The summed E-state index contributed by atoms with van der Waals surface area (Å²) in [6.07, 6.45) is 1.43. The lowest BCUT2D eigenvalue weighted by Crippen LogP contribution is -2.22. The van der Waals surface area contributed by atoms with Gasteiger partial charge in [-0.05, 0) is 13.0 Å². The molecule has 17 heavy (non-hydrogen) atoms. The molecule has 0 saturated heterocycles. The van der Waals surface area contributed by atoms with Crippen LogP contribution < -0.4 is 5.43 Å². The molecular formula is C11H12Cl2N2O2. The number of halogens is 2. The average Bonchev–Trinajstić information content (AvgIpc) is 2.32. The van der Waals surface area contributed by atoms with Gasteiger partial charge in [-0.25, -0.2) is 5.43 Å². The molecule has 0 atom stereocenters. The molecule has 0 bridgehead atoms. The van der Waals surface area contributed by atoms with Crippen molar-refractivity contribution in [2.24, 2.45) is 5.10 Å². The summed E-state index contributed by atoms with van der Waals surface area (Å²) >= 11 is 11.8. The predicted octanol–water partition coefficient (Wildman–Crippen LogP) is 2.48. The van der Waals surface area contributed by atoms with E-state index < -0.39 is 0 Å². The summed E-state index contributed by atoms with van der Waals surface area (Å²) in [5.74, 6) is -0.318. The molecule has 1 rings (SSSR count). The van der Waals surface area contributed by atoms with Crippen LogP contribution in [0.3, 0.4) is 0 Å². The maximum atomic E-state index is 11.1. The first-order chi connectivity index (χ1) is 8.15. The first kappa shape index (κ1) is 14.0. The maximum Gasteiger partial charge on any atom is 0.266 e. The van der Waals surface area contributed by atoms with Crippen LogP contribution in [0.15, 0.2) is 23.3 Å². The van der Waals surface area contributed by atoms with E-state index in [1.807, 2.05) is 6.92 Å². The summed E-state index contributed by atoms with van der Waals surface area (Å²) in [6.45, 7) is 2.27. The van der Waals surface area contributed by atoms with Gasteiger partial charge in [-0.2, -0.15) is 5.10 Å². The smallest absolute Gasteiger partial charge is 0.266 e. The Labute approximate surface area is 110 Å². The second-order valence-corrected chi connectivity index (χ2v) is 3.86. The minimum atomic E-state index is -0.318. The Morgan fingerprint density at radius 3 is 3.00 bits per heavy atom. The summed E-state index contributed by atoms with van der Waals surface area (Å²) in [7, 11) is 0. The molecule has 0 heterocycles. The van der Waals surface area contributed by atoms with E-state index in [1.165, 1.54) is 6.21 Å². The van der Waals surface area contributed by atoms with E-state index in [-0.39, 0.29) is 12.5 Å². The molecule has 0 saturated carbocycles. The predicted molar refractivity (Wildman–Crippen MR) is 68.7 cm³/mol. The van der Waals surface area contributed by atoms with Crippen molar-refractivity contribution in [2.75, 3.05) is 13.2 Å². The highest BCUT2D eigenvalue weighted by Gasteiger charge is 2.02. The third-order valence-corrected chi connectivity index (χ3v) is 2.65. The lowest BCUT2D eigenvalue weighted by Gasteiger charge is -2.01. The third kappa shape index (κ3) is 4.73.